The third kappa shape index (κ3) is 5.53. The highest BCUT2D eigenvalue weighted by Gasteiger charge is 2.31. The Morgan fingerprint density at radius 2 is 1.81 bits per heavy atom. The molecule has 0 aromatic heterocycles. The first-order chi connectivity index (χ1) is 9.61. The highest BCUT2D eigenvalue weighted by Crippen LogP contribution is 2.22. The second kappa shape index (κ2) is 7.11. The molecule has 6 nitrogen and oxygen atoms in total. The summed E-state index contributed by atoms with van der Waals surface area (Å²) in [6, 6.07) is 0.00827. The molecule has 1 atom stereocenters. The molecule has 0 aromatic rings. The van der Waals surface area contributed by atoms with Gasteiger partial charge in [-0.15, -0.1) is 0 Å². The van der Waals surface area contributed by atoms with Gasteiger partial charge in [-0.25, -0.2) is 4.79 Å². The van der Waals surface area contributed by atoms with E-state index in [1.54, 1.807) is 4.90 Å². The summed E-state index contributed by atoms with van der Waals surface area (Å²) in [5.74, 6) is -0.887. The minimum atomic E-state index is -0.887. The van der Waals surface area contributed by atoms with Crippen molar-refractivity contribution in [2.75, 3.05) is 27.2 Å². The predicted molar refractivity (Wildman–Crippen MR) is 82.3 cm³/mol. The van der Waals surface area contributed by atoms with E-state index in [0.29, 0.717) is 6.04 Å². The van der Waals surface area contributed by atoms with Crippen LogP contribution < -0.4 is 5.32 Å². The lowest BCUT2D eigenvalue weighted by Gasteiger charge is -2.37. The number of carboxylic acids is 1. The van der Waals surface area contributed by atoms with Crippen molar-refractivity contribution in [2.45, 2.75) is 52.1 Å². The number of carbonyl (C=O) groups excluding carboxylic acids is 1. The Kier molecular flexibility index (Phi) is 6.01. The lowest BCUT2D eigenvalue weighted by molar-refractivity contribution is -0.138. The average molecular weight is 299 g/mol. The van der Waals surface area contributed by atoms with E-state index < -0.39 is 5.97 Å². The van der Waals surface area contributed by atoms with Crippen LogP contribution in [0.4, 0.5) is 4.79 Å². The van der Waals surface area contributed by atoms with Crippen molar-refractivity contribution in [1.82, 2.24) is 15.1 Å². The van der Waals surface area contributed by atoms with Crippen molar-refractivity contribution in [3.63, 3.8) is 0 Å². The van der Waals surface area contributed by atoms with Crippen LogP contribution in [0, 0.1) is 5.41 Å². The van der Waals surface area contributed by atoms with Gasteiger partial charge in [0, 0.05) is 25.2 Å². The lowest BCUT2D eigenvalue weighted by atomic mass is 9.85. The van der Waals surface area contributed by atoms with Gasteiger partial charge in [-0.3, -0.25) is 4.79 Å². The largest absolute Gasteiger partial charge is 0.481 e. The summed E-state index contributed by atoms with van der Waals surface area (Å²) in [7, 11) is 4.12. The lowest BCUT2D eigenvalue weighted by Crippen LogP contribution is -2.53. The molecule has 1 fully saturated rings. The molecule has 0 bridgehead atoms. The van der Waals surface area contributed by atoms with E-state index in [2.05, 4.69) is 24.3 Å². The van der Waals surface area contributed by atoms with E-state index in [9.17, 15) is 9.59 Å². The number of urea groups is 1. The number of rotatable bonds is 4. The second-order valence-corrected chi connectivity index (χ2v) is 7.15. The number of amides is 2. The summed E-state index contributed by atoms with van der Waals surface area (Å²) in [5, 5.41) is 11.9. The summed E-state index contributed by atoms with van der Waals surface area (Å²) < 4.78 is 0. The Morgan fingerprint density at radius 3 is 2.19 bits per heavy atom. The van der Waals surface area contributed by atoms with Crippen LogP contribution in [0.25, 0.3) is 0 Å². The Bertz CT molecular complexity index is 369. The average Bonchev–Trinajstić information content (AvgIpc) is 2.36. The van der Waals surface area contributed by atoms with Crippen LogP contribution in [0.3, 0.4) is 0 Å². The topological polar surface area (TPSA) is 72.9 Å². The maximum absolute atomic E-state index is 12.3. The normalized spacial score (nSPS) is 18.7. The predicted octanol–water partition coefficient (Wildman–Crippen LogP) is 1.61. The zero-order chi connectivity index (χ0) is 16.2. The molecule has 0 aromatic carbocycles. The van der Waals surface area contributed by atoms with E-state index in [1.165, 1.54) is 0 Å². The maximum atomic E-state index is 12.3. The van der Waals surface area contributed by atoms with E-state index in [0.717, 1.165) is 25.9 Å². The van der Waals surface area contributed by atoms with Crippen molar-refractivity contribution >= 4 is 12.0 Å². The number of aliphatic carboxylic acids is 1. The minimum Gasteiger partial charge on any atom is -0.481 e. The Hall–Kier alpha value is -1.30. The quantitative estimate of drug-likeness (QED) is 0.827. The summed E-state index contributed by atoms with van der Waals surface area (Å²) in [4.78, 5) is 27.3. The van der Waals surface area contributed by atoms with Crippen LogP contribution in [0.1, 0.15) is 40.0 Å². The zero-order valence-corrected chi connectivity index (χ0v) is 13.8. The highest BCUT2D eigenvalue weighted by atomic mass is 16.4. The van der Waals surface area contributed by atoms with Gasteiger partial charge in [-0.05, 0) is 32.4 Å². The Labute approximate surface area is 127 Å². The summed E-state index contributed by atoms with van der Waals surface area (Å²) in [5.41, 5.74) is -0.282. The molecule has 1 aliphatic rings. The van der Waals surface area contributed by atoms with E-state index in [-0.39, 0.29) is 23.9 Å². The van der Waals surface area contributed by atoms with Gasteiger partial charge in [-0.1, -0.05) is 20.8 Å². The van der Waals surface area contributed by atoms with Gasteiger partial charge in [0.1, 0.15) is 0 Å². The first kappa shape index (κ1) is 17.8. The highest BCUT2D eigenvalue weighted by molar-refractivity contribution is 5.76. The molecule has 122 valence electrons. The molecule has 6 heteroatoms. The van der Waals surface area contributed by atoms with Crippen molar-refractivity contribution in [3.8, 4) is 0 Å². The molecular weight excluding hydrogens is 270 g/mol. The minimum absolute atomic E-state index is 0.0522. The van der Waals surface area contributed by atoms with Gasteiger partial charge >= 0.3 is 12.0 Å². The molecule has 2 N–H and O–H groups in total. The number of carboxylic acid groups (broad SMARTS) is 1. The van der Waals surface area contributed by atoms with Crippen molar-refractivity contribution in [1.29, 1.82) is 0 Å². The van der Waals surface area contributed by atoms with Crippen LogP contribution in [-0.2, 0) is 4.79 Å². The summed E-state index contributed by atoms with van der Waals surface area (Å²) in [6.45, 7) is 7.27. The number of hydrogen-bond acceptors (Lipinski definition) is 3. The molecule has 1 unspecified atom stereocenters. The van der Waals surface area contributed by atoms with Crippen molar-refractivity contribution < 1.29 is 14.7 Å². The van der Waals surface area contributed by atoms with Crippen LogP contribution >= 0.6 is 0 Å². The molecule has 0 aliphatic carbocycles. The van der Waals surface area contributed by atoms with Crippen molar-refractivity contribution in [3.05, 3.63) is 0 Å². The van der Waals surface area contributed by atoms with Crippen LogP contribution in [0.15, 0.2) is 0 Å². The van der Waals surface area contributed by atoms with Gasteiger partial charge in [-0.2, -0.15) is 0 Å². The van der Waals surface area contributed by atoms with Crippen LogP contribution in [-0.4, -0.2) is 66.2 Å². The molecule has 1 rings (SSSR count). The van der Waals surface area contributed by atoms with Crippen LogP contribution in [0.5, 0.6) is 0 Å². The number of nitrogens with one attached hydrogen (secondary N) is 1. The third-order valence-electron chi connectivity index (χ3n) is 4.20. The van der Waals surface area contributed by atoms with Gasteiger partial charge in [0.2, 0.25) is 0 Å². The first-order valence-electron chi connectivity index (χ1n) is 7.55. The van der Waals surface area contributed by atoms with Crippen molar-refractivity contribution in [2.24, 2.45) is 5.41 Å². The van der Waals surface area contributed by atoms with Crippen LogP contribution in [0.2, 0.25) is 0 Å². The van der Waals surface area contributed by atoms with E-state index in [4.69, 9.17) is 5.11 Å². The molecule has 0 radical (unpaired) electrons. The fraction of sp³-hybridized carbons (Fsp3) is 0.867. The third-order valence-corrected chi connectivity index (χ3v) is 4.20. The first-order valence-corrected chi connectivity index (χ1v) is 7.55. The zero-order valence-electron chi connectivity index (χ0n) is 13.8. The number of piperidine rings is 1. The maximum Gasteiger partial charge on any atom is 0.317 e. The van der Waals surface area contributed by atoms with Gasteiger partial charge in [0.05, 0.1) is 6.42 Å². The monoisotopic (exact) mass is 299 g/mol. The Balaban J connectivity index is 2.57. The molecule has 0 saturated carbocycles. The summed E-state index contributed by atoms with van der Waals surface area (Å²) in [6.07, 6.45) is 1.86. The SMILES string of the molecule is CN(C)C1CCN(C(=O)NC(CC(=O)O)C(C)(C)C)CC1. The van der Waals surface area contributed by atoms with Gasteiger partial charge in [0.25, 0.3) is 0 Å². The molecular formula is C15H29N3O3. The standard InChI is InChI=1S/C15H29N3O3/c1-15(2,3)12(10-13(19)20)16-14(21)18-8-6-11(7-9-18)17(4)5/h11-12H,6-10H2,1-5H3,(H,16,21)(H,19,20). The fourth-order valence-corrected chi connectivity index (χ4v) is 2.57. The van der Waals surface area contributed by atoms with Gasteiger partial charge < -0.3 is 20.2 Å². The van der Waals surface area contributed by atoms with Gasteiger partial charge in [0.15, 0.2) is 0 Å². The number of nitrogens with zero attached hydrogens (tertiary/aromatic N) is 2. The number of hydrogen-bond donors (Lipinski definition) is 2. The number of carbonyl (C=O) groups is 2. The fourth-order valence-electron chi connectivity index (χ4n) is 2.57. The van der Waals surface area contributed by atoms with E-state index in [1.807, 2.05) is 20.8 Å². The molecule has 2 amide bonds. The summed E-state index contributed by atoms with van der Waals surface area (Å²) >= 11 is 0. The second-order valence-electron chi connectivity index (χ2n) is 7.15. The smallest absolute Gasteiger partial charge is 0.317 e. The number of likely N-dealkylation sites (tertiary alicyclic amines) is 1. The molecule has 1 aliphatic heterocycles. The molecule has 1 heterocycles. The molecule has 21 heavy (non-hydrogen) atoms. The molecule has 0 spiro atoms. The molecule has 1 saturated heterocycles. The van der Waals surface area contributed by atoms with E-state index >= 15 is 0 Å². The Morgan fingerprint density at radius 1 is 1.29 bits per heavy atom.